The van der Waals surface area contributed by atoms with Crippen LogP contribution in [0.15, 0.2) is 18.2 Å². The van der Waals surface area contributed by atoms with Crippen LogP contribution in [0.25, 0.3) is 0 Å². The maximum atomic E-state index is 13.2. The Labute approximate surface area is 105 Å². The van der Waals surface area contributed by atoms with E-state index >= 15 is 0 Å². The van der Waals surface area contributed by atoms with Crippen molar-refractivity contribution in [2.75, 3.05) is 18.0 Å². The van der Waals surface area contributed by atoms with Gasteiger partial charge in [-0.25, -0.2) is 8.78 Å². The van der Waals surface area contributed by atoms with Crippen molar-refractivity contribution in [2.24, 2.45) is 5.73 Å². The Morgan fingerprint density at radius 3 is 2.28 bits per heavy atom. The molecule has 0 bridgehead atoms. The molecule has 1 unspecified atom stereocenters. The molecule has 100 valence electrons. The quantitative estimate of drug-likeness (QED) is 0.870. The van der Waals surface area contributed by atoms with E-state index in [9.17, 15) is 13.9 Å². The minimum Gasteiger partial charge on any atom is -0.508 e. The van der Waals surface area contributed by atoms with Crippen molar-refractivity contribution < 1.29 is 13.9 Å². The fraction of sp³-hybridized carbons (Fsp3) is 0.538. The van der Waals surface area contributed by atoms with Crippen molar-refractivity contribution in [2.45, 2.75) is 31.7 Å². The third-order valence-electron chi connectivity index (χ3n) is 3.62. The van der Waals surface area contributed by atoms with Crippen LogP contribution in [0.4, 0.5) is 14.5 Å². The molecule has 1 saturated carbocycles. The molecular weight excluding hydrogens is 238 g/mol. The molecule has 2 rings (SSSR count). The van der Waals surface area contributed by atoms with Crippen LogP contribution in [0.3, 0.4) is 0 Å². The summed E-state index contributed by atoms with van der Waals surface area (Å²) in [5.74, 6) is -3.07. The molecule has 0 aliphatic heterocycles. The minimum absolute atomic E-state index is 0.128. The van der Waals surface area contributed by atoms with Gasteiger partial charge in [-0.15, -0.1) is 0 Å². The highest BCUT2D eigenvalue weighted by Gasteiger charge is 2.70. The SMILES string of the molecule is CCN(CC)c1ccc(C2(N)CC2(F)F)c(O)c1. The number of alkyl halides is 2. The lowest BCUT2D eigenvalue weighted by Crippen LogP contribution is -2.27. The van der Waals surface area contributed by atoms with Crippen molar-refractivity contribution in [1.82, 2.24) is 0 Å². The molecule has 3 N–H and O–H groups in total. The van der Waals surface area contributed by atoms with Crippen LogP contribution < -0.4 is 10.6 Å². The largest absolute Gasteiger partial charge is 0.508 e. The molecule has 0 spiro atoms. The predicted octanol–water partition coefficient (Wildman–Crippen LogP) is 2.43. The predicted molar refractivity (Wildman–Crippen MR) is 67.1 cm³/mol. The minimum atomic E-state index is -2.92. The molecule has 1 aromatic rings. The van der Waals surface area contributed by atoms with Crippen LogP contribution in [-0.2, 0) is 5.54 Å². The Kier molecular flexibility index (Phi) is 2.97. The maximum absolute atomic E-state index is 13.2. The van der Waals surface area contributed by atoms with Crippen LogP contribution in [0.1, 0.15) is 25.8 Å². The summed E-state index contributed by atoms with van der Waals surface area (Å²) >= 11 is 0. The van der Waals surface area contributed by atoms with E-state index < -0.39 is 17.9 Å². The fourth-order valence-electron chi connectivity index (χ4n) is 2.28. The standard InChI is InChI=1S/C13H18F2N2O/c1-3-17(4-2)9-5-6-10(11(18)7-9)12(16)8-13(12,14)15/h5-7,18H,3-4,8,16H2,1-2H3. The zero-order chi connectivity index (χ0) is 13.6. The molecule has 0 aromatic heterocycles. The van der Waals surface area contributed by atoms with E-state index in [1.807, 2.05) is 18.7 Å². The first-order valence-corrected chi connectivity index (χ1v) is 6.11. The normalized spacial score (nSPS) is 24.9. The van der Waals surface area contributed by atoms with E-state index in [1.54, 1.807) is 6.07 Å². The average Bonchev–Trinajstić information content (AvgIpc) is 2.80. The number of aromatic hydroxyl groups is 1. The van der Waals surface area contributed by atoms with Crippen LogP contribution in [-0.4, -0.2) is 24.1 Å². The molecule has 3 nitrogen and oxygen atoms in total. The number of benzene rings is 1. The maximum Gasteiger partial charge on any atom is 0.272 e. The summed E-state index contributed by atoms with van der Waals surface area (Å²) < 4.78 is 26.4. The highest BCUT2D eigenvalue weighted by molar-refractivity contribution is 5.57. The van der Waals surface area contributed by atoms with Gasteiger partial charge in [0.05, 0.1) is 0 Å². The number of phenols is 1. The van der Waals surface area contributed by atoms with Crippen molar-refractivity contribution in [1.29, 1.82) is 0 Å². The van der Waals surface area contributed by atoms with Gasteiger partial charge in [0.25, 0.3) is 5.92 Å². The molecule has 0 saturated heterocycles. The lowest BCUT2D eigenvalue weighted by Gasteiger charge is -2.22. The second-order valence-corrected chi connectivity index (χ2v) is 4.73. The highest BCUT2D eigenvalue weighted by Crippen LogP contribution is 2.59. The summed E-state index contributed by atoms with van der Waals surface area (Å²) in [5, 5.41) is 9.90. The van der Waals surface area contributed by atoms with Gasteiger partial charge < -0.3 is 15.7 Å². The summed E-state index contributed by atoms with van der Waals surface area (Å²) in [5.41, 5.74) is 4.86. The van der Waals surface area contributed by atoms with E-state index in [4.69, 9.17) is 5.73 Å². The number of rotatable bonds is 4. The Hall–Kier alpha value is -1.36. The van der Waals surface area contributed by atoms with E-state index in [0.717, 1.165) is 18.8 Å². The summed E-state index contributed by atoms with van der Waals surface area (Å²) in [6.45, 7) is 5.57. The van der Waals surface area contributed by atoms with E-state index in [2.05, 4.69) is 0 Å². The topological polar surface area (TPSA) is 49.5 Å². The number of hydrogen-bond acceptors (Lipinski definition) is 3. The van der Waals surface area contributed by atoms with Gasteiger partial charge in [0.2, 0.25) is 0 Å². The smallest absolute Gasteiger partial charge is 0.272 e. The average molecular weight is 256 g/mol. The molecule has 0 heterocycles. The second kappa shape index (κ2) is 4.09. The third kappa shape index (κ3) is 1.82. The van der Waals surface area contributed by atoms with Crippen molar-refractivity contribution in [3.8, 4) is 5.75 Å². The van der Waals surface area contributed by atoms with Crippen LogP contribution in [0.5, 0.6) is 5.75 Å². The number of halogens is 2. The molecule has 18 heavy (non-hydrogen) atoms. The Morgan fingerprint density at radius 1 is 1.33 bits per heavy atom. The monoisotopic (exact) mass is 256 g/mol. The number of nitrogens with zero attached hydrogens (tertiary/aromatic N) is 1. The van der Waals surface area contributed by atoms with Crippen LogP contribution in [0.2, 0.25) is 0 Å². The van der Waals surface area contributed by atoms with E-state index in [-0.39, 0.29) is 11.3 Å². The zero-order valence-electron chi connectivity index (χ0n) is 10.6. The van der Waals surface area contributed by atoms with Crippen LogP contribution >= 0.6 is 0 Å². The van der Waals surface area contributed by atoms with Gasteiger partial charge in [0.1, 0.15) is 11.3 Å². The molecule has 1 aromatic carbocycles. The lowest BCUT2D eigenvalue weighted by molar-refractivity contribution is 0.0884. The van der Waals surface area contributed by atoms with Gasteiger partial charge >= 0.3 is 0 Å². The molecule has 0 amide bonds. The molecule has 0 radical (unpaired) electrons. The molecule has 1 aliphatic rings. The Morgan fingerprint density at radius 2 is 1.89 bits per heavy atom. The van der Waals surface area contributed by atoms with Gasteiger partial charge in [-0.3, -0.25) is 0 Å². The highest BCUT2D eigenvalue weighted by atomic mass is 19.3. The Bertz CT molecular complexity index is 460. The first kappa shape index (κ1) is 13.1. The lowest BCUT2D eigenvalue weighted by atomic mass is 10.0. The molecular formula is C13H18F2N2O. The van der Waals surface area contributed by atoms with E-state index in [0.29, 0.717) is 0 Å². The molecule has 1 atom stereocenters. The van der Waals surface area contributed by atoms with Gasteiger partial charge in [-0.05, 0) is 19.9 Å². The van der Waals surface area contributed by atoms with Crippen molar-refractivity contribution >= 4 is 5.69 Å². The van der Waals surface area contributed by atoms with Gasteiger partial charge in [-0.1, -0.05) is 6.07 Å². The number of hydrogen-bond donors (Lipinski definition) is 2. The molecule has 5 heteroatoms. The summed E-state index contributed by atoms with van der Waals surface area (Å²) in [4.78, 5) is 2.03. The summed E-state index contributed by atoms with van der Waals surface area (Å²) in [6.07, 6.45) is -0.405. The number of phenolic OH excluding ortho intramolecular Hbond substituents is 1. The molecule has 1 fully saturated rings. The van der Waals surface area contributed by atoms with E-state index in [1.165, 1.54) is 12.1 Å². The van der Waals surface area contributed by atoms with Crippen molar-refractivity contribution in [3.63, 3.8) is 0 Å². The van der Waals surface area contributed by atoms with Gasteiger partial charge in [-0.2, -0.15) is 0 Å². The molecule has 1 aliphatic carbocycles. The van der Waals surface area contributed by atoms with Crippen LogP contribution in [0, 0.1) is 0 Å². The first-order chi connectivity index (χ1) is 8.35. The zero-order valence-corrected chi connectivity index (χ0v) is 10.6. The fourth-order valence-corrected chi connectivity index (χ4v) is 2.28. The first-order valence-electron chi connectivity index (χ1n) is 6.11. The second-order valence-electron chi connectivity index (χ2n) is 4.73. The summed E-state index contributed by atoms with van der Waals surface area (Å²) in [7, 11) is 0. The van der Waals surface area contributed by atoms with Gasteiger partial charge in [0.15, 0.2) is 0 Å². The number of anilines is 1. The number of nitrogens with two attached hydrogens (primary N) is 1. The summed E-state index contributed by atoms with van der Waals surface area (Å²) in [6, 6.07) is 4.74. The third-order valence-corrected chi connectivity index (χ3v) is 3.62. The Balaban J connectivity index is 2.32. The van der Waals surface area contributed by atoms with Crippen molar-refractivity contribution in [3.05, 3.63) is 23.8 Å². The van der Waals surface area contributed by atoms with Gasteiger partial charge in [0, 0.05) is 36.8 Å².